The van der Waals surface area contributed by atoms with Crippen molar-refractivity contribution in [2.24, 2.45) is 5.92 Å². The van der Waals surface area contributed by atoms with Gasteiger partial charge >= 0.3 is 5.97 Å². The number of nitrogens with zero attached hydrogens (tertiary/aromatic N) is 2. The molecule has 3 aromatic rings. The van der Waals surface area contributed by atoms with E-state index in [0.29, 0.717) is 24.1 Å². The fourth-order valence-corrected chi connectivity index (χ4v) is 4.34. The lowest BCUT2D eigenvalue weighted by Crippen LogP contribution is -2.14. The van der Waals surface area contributed by atoms with Crippen LogP contribution in [0.25, 0.3) is 0 Å². The summed E-state index contributed by atoms with van der Waals surface area (Å²) < 4.78 is 5.89. The molecule has 1 aliphatic carbocycles. The van der Waals surface area contributed by atoms with Gasteiger partial charge in [-0.15, -0.1) is 0 Å². The molecule has 0 aliphatic heterocycles. The van der Waals surface area contributed by atoms with E-state index in [0.717, 1.165) is 43.0 Å². The molecule has 178 valence electrons. The molecule has 1 aromatic heterocycles. The van der Waals surface area contributed by atoms with Gasteiger partial charge in [0, 0.05) is 37.1 Å². The normalized spacial score (nSPS) is 15.4. The maximum atomic E-state index is 11.4. The van der Waals surface area contributed by atoms with Crippen molar-refractivity contribution in [3.63, 3.8) is 0 Å². The fourth-order valence-electron chi connectivity index (χ4n) is 4.34. The van der Waals surface area contributed by atoms with Gasteiger partial charge in [-0.1, -0.05) is 26.3 Å². The van der Waals surface area contributed by atoms with Crippen LogP contribution in [0.4, 0.5) is 17.1 Å². The van der Waals surface area contributed by atoms with Crippen LogP contribution in [0, 0.1) is 5.92 Å². The topological polar surface area (TPSA) is 74.7 Å². The standard InChI is InChI=1S/C28H33N3O3/c1-4-19(2)18-34-24-10-7-22(8-11-24)31(3)23-9-12-25-20(15-23)5-6-21(25)16-30-27-17-29-14-13-26(27)28(32)33/h7-15,17,19,21,30H,4-6,16,18H2,1-3H3,(H,32,33)/t19?,21-/m0/s1. The average molecular weight is 460 g/mol. The lowest BCUT2D eigenvalue weighted by atomic mass is 10.0. The molecule has 4 rings (SSSR count). The molecule has 6 nitrogen and oxygen atoms in total. The number of aromatic nitrogens is 1. The van der Waals surface area contributed by atoms with Crippen LogP contribution in [0.15, 0.2) is 60.9 Å². The molecule has 1 heterocycles. The number of nitrogens with one attached hydrogen (secondary N) is 1. The molecule has 2 N–H and O–H groups in total. The minimum atomic E-state index is -0.945. The molecule has 1 unspecified atom stereocenters. The molecule has 6 heteroatoms. The summed E-state index contributed by atoms with van der Waals surface area (Å²) >= 11 is 0. The summed E-state index contributed by atoms with van der Waals surface area (Å²) in [4.78, 5) is 17.7. The molecular weight excluding hydrogens is 426 g/mol. The van der Waals surface area contributed by atoms with Gasteiger partial charge < -0.3 is 20.1 Å². The van der Waals surface area contributed by atoms with E-state index in [1.807, 2.05) is 12.1 Å². The smallest absolute Gasteiger partial charge is 0.337 e. The molecule has 0 radical (unpaired) electrons. The van der Waals surface area contributed by atoms with E-state index in [4.69, 9.17) is 4.74 Å². The van der Waals surface area contributed by atoms with Crippen LogP contribution in [0.2, 0.25) is 0 Å². The number of benzene rings is 2. The zero-order chi connectivity index (χ0) is 24.1. The van der Waals surface area contributed by atoms with Gasteiger partial charge in [-0.2, -0.15) is 0 Å². The van der Waals surface area contributed by atoms with Crippen molar-refractivity contribution in [2.75, 3.05) is 30.4 Å². The minimum absolute atomic E-state index is 0.251. The van der Waals surface area contributed by atoms with E-state index < -0.39 is 5.97 Å². The number of hydrogen-bond acceptors (Lipinski definition) is 5. The van der Waals surface area contributed by atoms with Crippen LogP contribution < -0.4 is 15.0 Å². The van der Waals surface area contributed by atoms with Gasteiger partial charge in [0.1, 0.15) is 5.75 Å². The van der Waals surface area contributed by atoms with Crippen molar-refractivity contribution < 1.29 is 14.6 Å². The van der Waals surface area contributed by atoms with Gasteiger partial charge in [-0.3, -0.25) is 4.98 Å². The number of anilines is 3. The van der Waals surface area contributed by atoms with E-state index in [2.05, 4.69) is 66.4 Å². The third-order valence-electron chi connectivity index (χ3n) is 6.76. The SMILES string of the molecule is CCC(C)COc1ccc(N(C)c2ccc3c(c2)CC[C@H]3CNc2cnccc2C(=O)O)cc1. The predicted octanol–water partition coefficient (Wildman–Crippen LogP) is 6.11. The van der Waals surface area contributed by atoms with Crippen molar-refractivity contribution in [3.05, 3.63) is 77.6 Å². The van der Waals surface area contributed by atoms with Crippen LogP contribution in [-0.2, 0) is 6.42 Å². The Bertz CT molecular complexity index is 1130. The molecule has 0 saturated carbocycles. The third kappa shape index (κ3) is 5.33. The maximum absolute atomic E-state index is 11.4. The Kier molecular flexibility index (Phi) is 7.36. The Balaban J connectivity index is 1.41. The summed E-state index contributed by atoms with van der Waals surface area (Å²) in [5, 5.41) is 12.7. The summed E-state index contributed by atoms with van der Waals surface area (Å²) in [6.45, 7) is 5.80. The number of carboxylic acids is 1. The first-order valence-electron chi connectivity index (χ1n) is 12.0. The Morgan fingerprint density at radius 1 is 1.21 bits per heavy atom. The molecule has 1 aliphatic rings. The quantitative estimate of drug-likeness (QED) is 0.381. The largest absolute Gasteiger partial charge is 0.493 e. The summed E-state index contributed by atoms with van der Waals surface area (Å²) in [5.41, 5.74) is 5.78. The number of aromatic carboxylic acids is 1. The minimum Gasteiger partial charge on any atom is -0.493 e. The molecule has 0 spiro atoms. The molecule has 0 amide bonds. The second-order valence-corrected chi connectivity index (χ2v) is 9.10. The number of pyridine rings is 1. The molecule has 2 atom stereocenters. The molecule has 2 aromatic carbocycles. The van der Waals surface area contributed by atoms with E-state index in [1.165, 1.54) is 23.4 Å². The van der Waals surface area contributed by atoms with Gasteiger partial charge in [-0.05, 0) is 72.4 Å². The first-order valence-corrected chi connectivity index (χ1v) is 12.0. The Morgan fingerprint density at radius 2 is 1.97 bits per heavy atom. The highest BCUT2D eigenvalue weighted by molar-refractivity contribution is 5.93. The highest BCUT2D eigenvalue weighted by Gasteiger charge is 2.24. The highest BCUT2D eigenvalue weighted by Crippen LogP contribution is 2.37. The summed E-state index contributed by atoms with van der Waals surface area (Å²) in [6, 6.07) is 16.4. The van der Waals surface area contributed by atoms with Crippen LogP contribution in [0.5, 0.6) is 5.75 Å². The number of rotatable bonds is 10. The van der Waals surface area contributed by atoms with Crippen LogP contribution in [0.3, 0.4) is 0 Å². The average Bonchev–Trinajstić information content (AvgIpc) is 3.28. The zero-order valence-electron chi connectivity index (χ0n) is 20.1. The van der Waals surface area contributed by atoms with Crippen LogP contribution >= 0.6 is 0 Å². The van der Waals surface area contributed by atoms with Crippen LogP contribution in [-0.4, -0.2) is 36.3 Å². The third-order valence-corrected chi connectivity index (χ3v) is 6.76. The predicted molar refractivity (Wildman–Crippen MR) is 137 cm³/mol. The second-order valence-electron chi connectivity index (χ2n) is 9.10. The molecular formula is C28H33N3O3. The van der Waals surface area contributed by atoms with Crippen molar-refractivity contribution in [1.29, 1.82) is 0 Å². The van der Waals surface area contributed by atoms with Crippen molar-refractivity contribution in [1.82, 2.24) is 4.98 Å². The van der Waals surface area contributed by atoms with E-state index in [1.54, 1.807) is 6.20 Å². The van der Waals surface area contributed by atoms with E-state index in [-0.39, 0.29) is 5.56 Å². The molecule has 0 fully saturated rings. The highest BCUT2D eigenvalue weighted by atomic mass is 16.5. The number of carboxylic acid groups (broad SMARTS) is 1. The van der Waals surface area contributed by atoms with Crippen molar-refractivity contribution in [3.8, 4) is 5.75 Å². The van der Waals surface area contributed by atoms with Crippen LogP contribution in [0.1, 0.15) is 54.1 Å². The molecule has 34 heavy (non-hydrogen) atoms. The number of ether oxygens (including phenoxy) is 1. The molecule has 0 saturated heterocycles. The summed E-state index contributed by atoms with van der Waals surface area (Å²) in [6.07, 6.45) is 6.26. The lowest BCUT2D eigenvalue weighted by molar-refractivity contribution is 0.0697. The van der Waals surface area contributed by atoms with Crippen molar-refractivity contribution in [2.45, 2.75) is 39.0 Å². The van der Waals surface area contributed by atoms with Gasteiger partial charge in [0.15, 0.2) is 0 Å². The van der Waals surface area contributed by atoms with Gasteiger partial charge in [-0.25, -0.2) is 4.79 Å². The van der Waals surface area contributed by atoms with Gasteiger partial charge in [0.05, 0.1) is 24.1 Å². The number of aryl methyl sites for hydroxylation is 1. The Labute approximate surface area is 201 Å². The number of hydrogen-bond donors (Lipinski definition) is 2. The maximum Gasteiger partial charge on any atom is 0.337 e. The van der Waals surface area contributed by atoms with Gasteiger partial charge in [0.2, 0.25) is 0 Å². The van der Waals surface area contributed by atoms with E-state index in [9.17, 15) is 9.90 Å². The van der Waals surface area contributed by atoms with Gasteiger partial charge in [0.25, 0.3) is 0 Å². The first kappa shape index (κ1) is 23.6. The second kappa shape index (κ2) is 10.6. The Hall–Kier alpha value is -3.54. The zero-order valence-corrected chi connectivity index (χ0v) is 20.1. The number of fused-ring (bicyclic) bond motifs is 1. The van der Waals surface area contributed by atoms with Crippen molar-refractivity contribution >= 4 is 23.0 Å². The summed E-state index contributed by atoms with van der Waals surface area (Å²) in [5.74, 6) is 0.857. The fraction of sp³-hybridized carbons (Fsp3) is 0.357. The first-order chi connectivity index (χ1) is 16.5. The van der Waals surface area contributed by atoms with E-state index >= 15 is 0 Å². The lowest BCUT2D eigenvalue weighted by Gasteiger charge is -2.22. The monoisotopic (exact) mass is 459 g/mol. The molecule has 0 bridgehead atoms. The number of carbonyl (C=O) groups is 1. The summed E-state index contributed by atoms with van der Waals surface area (Å²) in [7, 11) is 2.08. The Morgan fingerprint density at radius 3 is 2.71 bits per heavy atom.